The van der Waals surface area contributed by atoms with Gasteiger partial charge < -0.3 is 5.11 Å². The van der Waals surface area contributed by atoms with Crippen molar-refractivity contribution in [1.82, 2.24) is 0 Å². The van der Waals surface area contributed by atoms with Crippen molar-refractivity contribution in [3.05, 3.63) is 71.1 Å². The van der Waals surface area contributed by atoms with Crippen LogP contribution in [-0.2, 0) is 0 Å². The van der Waals surface area contributed by atoms with Crippen LogP contribution < -0.4 is 15.5 Å². The third-order valence-corrected chi connectivity index (χ3v) is 3.06. The van der Waals surface area contributed by atoms with Crippen LogP contribution in [0.15, 0.2) is 60.7 Å². The smallest absolute Gasteiger partial charge is 0.00998 e. The lowest BCUT2D eigenvalue weighted by molar-refractivity contribution is -0.229. The first-order valence-electron chi connectivity index (χ1n) is 5.59. The molecule has 0 heterocycles. The lowest BCUT2D eigenvalue weighted by atomic mass is 10.0. The van der Waals surface area contributed by atoms with Crippen LogP contribution in [-0.4, -0.2) is 0 Å². The molecule has 1 aliphatic carbocycles. The molecule has 0 atom stereocenters. The van der Waals surface area contributed by atoms with Crippen LogP contribution in [0.4, 0.5) is 0 Å². The third-order valence-electron chi connectivity index (χ3n) is 3.06. The number of allylic oxidation sites excluding steroid dienone is 4. The monoisotopic (exact) mass is 219 g/mol. The molecule has 0 spiro atoms. The Labute approximate surface area is 99.3 Å². The van der Waals surface area contributed by atoms with Gasteiger partial charge in [0.1, 0.15) is 0 Å². The van der Waals surface area contributed by atoms with Gasteiger partial charge in [-0.15, -0.1) is 6.26 Å². The van der Waals surface area contributed by atoms with Gasteiger partial charge in [0, 0.05) is 0 Å². The largest absolute Gasteiger partial charge is 0.877 e. The maximum Gasteiger partial charge on any atom is -0.00998 e. The van der Waals surface area contributed by atoms with Crippen molar-refractivity contribution in [2.45, 2.75) is 0 Å². The van der Waals surface area contributed by atoms with Gasteiger partial charge in [-0.25, -0.2) is 0 Å². The average molecular weight is 219 g/mol. The lowest BCUT2D eigenvalue weighted by Crippen LogP contribution is -2.12. The normalized spacial score (nSPS) is 15.1. The Hall–Kier alpha value is -2.28. The second-order valence-corrected chi connectivity index (χ2v) is 4.04. The van der Waals surface area contributed by atoms with Crippen LogP contribution in [0.25, 0.3) is 22.6 Å². The molecule has 0 N–H and O–H groups in total. The summed E-state index contributed by atoms with van der Waals surface area (Å²) in [6.07, 6.45) is 9.14. The van der Waals surface area contributed by atoms with Crippen molar-refractivity contribution in [1.29, 1.82) is 0 Å². The van der Waals surface area contributed by atoms with Gasteiger partial charge in [-0.1, -0.05) is 60.7 Å². The molecular formula is C16H11O-. The summed E-state index contributed by atoms with van der Waals surface area (Å²) in [5.41, 5.74) is 1.19. The van der Waals surface area contributed by atoms with E-state index in [1.54, 1.807) is 0 Å². The molecule has 1 heteroatoms. The Morgan fingerprint density at radius 3 is 2.29 bits per heavy atom. The SMILES string of the molecule is [O-]C=c1cccc2c(=C3C=CC=C3)cccc12. The lowest BCUT2D eigenvalue weighted by Gasteiger charge is -2.03. The predicted molar refractivity (Wildman–Crippen MR) is 69.4 cm³/mol. The number of benzene rings is 2. The Bertz CT molecular complexity index is 735. The molecule has 0 unspecified atom stereocenters. The summed E-state index contributed by atoms with van der Waals surface area (Å²) in [5.74, 6) is 0. The zero-order chi connectivity index (χ0) is 11.7. The standard InChI is InChI=1S/C16H12O/c17-11-13-7-3-10-16-14(8-4-9-15(13)16)12-5-1-2-6-12/h1-11,17H/p-1. The summed E-state index contributed by atoms with van der Waals surface area (Å²) in [4.78, 5) is 0. The number of hydrogen-bond acceptors (Lipinski definition) is 1. The molecule has 0 saturated carbocycles. The van der Waals surface area contributed by atoms with Crippen molar-refractivity contribution in [2.75, 3.05) is 0 Å². The van der Waals surface area contributed by atoms with E-state index in [9.17, 15) is 5.11 Å². The van der Waals surface area contributed by atoms with Gasteiger partial charge in [0.25, 0.3) is 0 Å². The molecule has 0 saturated heterocycles. The molecule has 82 valence electrons. The molecule has 17 heavy (non-hydrogen) atoms. The zero-order valence-electron chi connectivity index (χ0n) is 9.26. The molecule has 0 radical (unpaired) electrons. The highest BCUT2D eigenvalue weighted by molar-refractivity contribution is 5.88. The highest BCUT2D eigenvalue weighted by Gasteiger charge is 1.99. The Morgan fingerprint density at radius 1 is 0.824 bits per heavy atom. The van der Waals surface area contributed by atoms with E-state index < -0.39 is 0 Å². The van der Waals surface area contributed by atoms with E-state index in [4.69, 9.17) is 0 Å². The highest BCUT2D eigenvalue weighted by Crippen LogP contribution is 2.10. The van der Waals surface area contributed by atoms with Crippen molar-refractivity contribution >= 4 is 22.6 Å². The minimum Gasteiger partial charge on any atom is -0.877 e. The molecule has 3 rings (SSSR count). The second-order valence-electron chi connectivity index (χ2n) is 4.04. The fourth-order valence-electron chi connectivity index (χ4n) is 2.24. The Kier molecular flexibility index (Phi) is 2.30. The summed E-state index contributed by atoms with van der Waals surface area (Å²) in [5, 5.41) is 15.1. The van der Waals surface area contributed by atoms with Gasteiger partial charge >= 0.3 is 0 Å². The molecule has 0 bridgehead atoms. The molecule has 0 aromatic heterocycles. The van der Waals surface area contributed by atoms with Gasteiger partial charge in [-0.3, -0.25) is 0 Å². The minimum atomic E-state index is 0.746. The minimum absolute atomic E-state index is 0.746. The second kappa shape index (κ2) is 3.95. The Balaban J connectivity index is 2.56. The topological polar surface area (TPSA) is 23.1 Å². The molecule has 0 fully saturated rings. The highest BCUT2D eigenvalue weighted by atomic mass is 16.2. The van der Waals surface area contributed by atoms with E-state index in [0.29, 0.717) is 0 Å². The van der Waals surface area contributed by atoms with Crippen LogP contribution in [0, 0.1) is 0 Å². The van der Waals surface area contributed by atoms with Gasteiger partial charge in [-0.05, 0) is 26.8 Å². The number of rotatable bonds is 0. The van der Waals surface area contributed by atoms with E-state index in [-0.39, 0.29) is 0 Å². The summed E-state index contributed by atoms with van der Waals surface area (Å²) in [6.45, 7) is 0. The summed E-state index contributed by atoms with van der Waals surface area (Å²) < 4.78 is 0. The van der Waals surface area contributed by atoms with Gasteiger partial charge in [0.15, 0.2) is 0 Å². The van der Waals surface area contributed by atoms with Crippen LogP contribution in [0.2, 0.25) is 0 Å². The molecular weight excluding hydrogens is 208 g/mol. The average Bonchev–Trinajstić information content (AvgIpc) is 2.91. The molecule has 0 amide bonds. The number of hydrogen-bond donors (Lipinski definition) is 0. The van der Waals surface area contributed by atoms with Crippen LogP contribution >= 0.6 is 0 Å². The first kappa shape index (κ1) is 9.91. The fourth-order valence-corrected chi connectivity index (χ4v) is 2.24. The van der Waals surface area contributed by atoms with E-state index in [0.717, 1.165) is 22.3 Å². The van der Waals surface area contributed by atoms with Crippen molar-refractivity contribution in [2.24, 2.45) is 0 Å². The van der Waals surface area contributed by atoms with Crippen LogP contribution in [0.3, 0.4) is 0 Å². The summed E-state index contributed by atoms with van der Waals surface area (Å²) >= 11 is 0. The quantitative estimate of drug-likeness (QED) is 0.653. The zero-order valence-corrected chi connectivity index (χ0v) is 9.26. The molecule has 2 aromatic carbocycles. The van der Waals surface area contributed by atoms with E-state index in [2.05, 4.69) is 24.3 Å². The van der Waals surface area contributed by atoms with Crippen molar-refractivity contribution in [3.8, 4) is 0 Å². The van der Waals surface area contributed by atoms with E-state index in [1.165, 1.54) is 10.8 Å². The maximum atomic E-state index is 11.0. The molecule has 1 nitrogen and oxygen atoms in total. The molecule has 0 aliphatic heterocycles. The number of fused-ring (bicyclic) bond motifs is 1. The van der Waals surface area contributed by atoms with E-state index in [1.807, 2.05) is 36.4 Å². The predicted octanol–water partition coefficient (Wildman–Crippen LogP) is 1.21. The van der Waals surface area contributed by atoms with Gasteiger partial charge in [0.05, 0.1) is 0 Å². The van der Waals surface area contributed by atoms with Gasteiger partial charge in [-0.2, -0.15) is 0 Å². The maximum absolute atomic E-state index is 11.0. The molecule has 2 aromatic rings. The van der Waals surface area contributed by atoms with Gasteiger partial charge in [0.2, 0.25) is 0 Å². The first-order valence-corrected chi connectivity index (χ1v) is 5.59. The summed E-state index contributed by atoms with van der Waals surface area (Å²) in [6, 6.07) is 11.9. The molecule has 1 aliphatic rings. The van der Waals surface area contributed by atoms with Crippen molar-refractivity contribution < 1.29 is 5.11 Å². The van der Waals surface area contributed by atoms with Crippen LogP contribution in [0.5, 0.6) is 0 Å². The first-order chi connectivity index (χ1) is 8.40. The third kappa shape index (κ3) is 1.56. The fraction of sp³-hybridized carbons (Fsp3) is 0. The Morgan fingerprint density at radius 2 is 1.53 bits per heavy atom. The van der Waals surface area contributed by atoms with E-state index >= 15 is 0 Å². The summed E-state index contributed by atoms with van der Waals surface area (Å²) in [7, 11) is 0. The van der Waals surface area contributed by atoms with Crippen molar-refractivity contribution in [3.63, 3.8) is 0 Å². The van der Waals surface area contributed by atoms with Crippen LogP contribution in [0.1, 0.15) is 0 Å².